The zero-order valence-electron chi connectivity index (χ0n) is 8.08. The molecule has 0 aliphatic rings. The van der Waals surface area contributed by atoms with Gasteiger partial charge in [-0.15, -0.1) is 6.58 Å². The summed E-state index contributed by atoms with van der Waals surface area (Å²) in [6, 6.07) is 3.57. The number of hydrogen-bond acceptors (Lipinski definition) is 2. The van der Waals surface area contributed by atoms with Gasteiger partial charge in [0.05, 0.1) is 12.3 Å². The summed E-state index contributed by atoms with van der Waals surface area (Å²) in [4.78, 5) is 4.13. The van der Waals surface area contributed by atoms with E-state index in [1.165, 1.54) is 0 Å². The fraction of sp³-hybridized carbons (Fsp3) is 0.364. The van der Waals surface area contributed by atoms with Gasteiger partial charge in [-0.2, -0.15) is 0 Å². The van der Waals surface area contributed by atoms with E-state index < -0.39 is 0 Å². The fourth-order valence-electron chi connectivity index (χ4n) is 1.03. The fourth-order valence-corrected chi connectivity index (χ4v) is 1.22. The number of halogens is 1. The number of unbranched alkanes of at least 4 members (excludes halogenated alkanes) is 1. The molecule has 76 valence electrons. The molecule has 0 bridgehead atoms. The van der Waals surface area contributed by atoms with Crippen molar-refractivity contribution in [2.45, 2.75) is 19.4 Å². The van der Waals surface area contributed by atoms with Gasteiger partial charge in [0, 0.05) is 17.8 Å². The average Bonchev–Trinajstić information content (AvgIpc) is 2.18. The third kappa shape index (κ3) is 4.40. The van der Waals surface area contributed by atoms with Crippen LogP contribution in [0.4, 0.5) is 0 Å². The molecule has 14 heavy (non-hydrogen) atoms. The van der Waals surface area contributed by atoms with E-state index in [4.69, 9.17) is 16.3 Å². The van der Waals surface area contributed by atoms with Crippen LogP contribution in [0, 0.1) is 0 Å². The number of aromatic nitrogens is 1. The Kier molecular flexibility index (Phi) is 5.27. The highest BCUT2D eigenvalue weighted by atomic mass is 35.5. The van der Waals surface area contributed by atoms with Gasteiger partial charge in [0.25, 0.3) is 0 Å². The van der Waals surface area contributed by atoms with Crippen LogP contribution < -0.4 is 0 Å². The first-order chi connectivity index (χ1) is 6.83. The summed E-state index contributed by atoms with van der Waals surface area (Å²) in [6.07, 6.45) is 5.57. The minimum absolute atomic E-state index is 0.525. The Hall–Kier alpha value is -0.860. The van der Waals surface area contributed by atoms with E-state index in [1.807, 2.05) is 12.1 Å². The van der Waals surface area contributed by atoms with Crippen LogP contribution >= 0.6 is 11.6 Å². The van der Waals surface area contributed by atoms with Crippen molar-refractivity contribution in [2.24, 2.45) is 0 Å². The molecule has 0 aromatic carbocycles. The number of hydrogen-bond donors (Lipinski definition) is 0. The van der Waals surface area contributed by atoms with Crippen LogP contribution in [0.2, 0.25) is 5.02 Å². The molecule has 1 aromatic rings. The molecule has 0 fully saturated rings. The van der Waals surface area contributed by atoms with Gasteiger partial charge in [0.2, 0.25) is 0 Å². The smallest absolute Gasteiger partial charge is 0.0888 e. The van der Waals surface area contributed by atoms with Gasteiger partial charge in [0.1, 0.15) is 0 Å². The lowest BCUT2D eigenvalue weighted by Gasteiger charge is -2.02. The lowest BCUT2D eigenvalue weighted by molar-refractivity contribution is 0.116. The highest BCUT2D eigenvalue weighted by Crippen LogP contribution is 2.08. The maximum Gasteiger partial charge on any atom is 0.0888 e. The molecule has 3 heteroatoms. The van der Waals surface area contributed by atoms with E-state index in [-0.39, 0.29) is 0 Å². The summed E-state index contributed by atoms with van der Waals surface area (Å²) in [5, 5.41) is 0.699. The lowest BCUT2D eigenvalue weighted by atomic mass is 10.3. The molecule has 0 amide bonds. The van der Waals surface area contributed by atoms with Crippen LogP contribution in [0.15, 0.2) is 31.0 Å². The molecule has 1 heterocycles. The zero-order valence-corrected chi connectivity index (χ0v) is 8.83. The van der Waals surface area contributed by atoms with E-state index in [2.05, 4.69) is 11.6 Å². The van der Waals surface area contributed by atoms with E-state index in [0.29, 0.717) is 11.6 Å². The Morgan fingerprint density at radius 2 is 2.43 bits per heavy atom. The molecule has 0 radical (unpaired) electrons. The predicted octanol–water partition coefficient (Wildman–Crippen LogP) is 3.22. The number of allylic oxidation sites excluding steroid dienone is 1. The molecular weight excluding hydrogens is 198 g/mol. The number of nitrogens with zero attached hydrogens (tertiary/aromatic N) is 1. The molecule has 0 atom stereocenters. The van der Waals surface area contributed by atoms with Gasteiger partial charge >= 0.3 is 0 Å². The van der Waals surface area contributed by atoms with Gasteiger partial charge in [-0.05, 0) is 25.0 Å². The summed E-state index contributed by atoms with van der Waals surface area (Å²) in [7, 11) is 0. The number of rotatable bonds is 6. The zero-order chi connectivity index (χ0) is 10.2. The van der Waals surface area contributed by atoms with Gasteiger partial charge < -0.3 is 4.74 Å². The number of pyridine rings is 1. The largest absolute Gasteiger partial charge is 0.375 e. The minimum atomic E-state index is 0.525. The molecule has 0 aliphatic heterocycles. The third-order valence-corrected chi connectivity index (χ3v) is 1.96. The van der Waals surface area contributed by atoms with Crippen LogP contribution in [-0.4, -0.2) is 11.6 Å². The quantitative estimate of drug-likeness (QED) is 0.533. The number of ether oxygens (including phenoxy) is 1. The van der Waals surface area contributed by atoms with Crippen molar-refractivity contribution in [3.63, 3.8) is 0 Å². The molecule has 1 aromatic heterocycles. The molecule has 0 aliphatic carbocycles. The lowest BCUT2D eigenvalue weighted by Crippen LogP contribution is -1.97. The Morgan fingerprint density at radius 3 is 3.14 bits per heavy atom. The van der Waals surface area contributed by atoms with Crippen LogP contribution in [0.3, 0.4) is 0 Å². The maximum atomic E-state index is 5.80. The molecule has 0 unspecified atom stereocenters. The third-order valence-electron chi connectivity index (χ3n) is 1.73. The van der Waals surface area contributed by atoms with Gasteiger partial charge in [-0.1, -0.05) is 17.7 Å². The summed E-state index contributed by atoms with van der Waals surface area (Å²) in [5.74, 6) is 0. The van der Waals surface area contributed by atoms with Crippen molar-refractivity contribution >= 4 is 11.6 Å². The van der Waals surface area contributed by atoms with Crippen molar-refractivity contribution < 1.29 is 4.74 Å². The Morgan fingerprint density at radius 1 is 1.57 bits per heavy atom. The second-order valence-electron chi connectivity index (χ2n) is 2.95. The van der Waals surface area contributed by atoms with Crippen LogP contribution in [0.5, 0.6) is 0 Å². The predicted molar refractivity (Wildman–Crippen MR) is 58.3 cm³/mol. The van der Waals surface area contributed by atoms with Gasteiger partial charge in [-0.25, -0.2) is 0 Å². The second kappa shape index (κ2) is 6.57. The van der Waals surface area contributed by atoms with Gasteiger partial charge in [-0.3, -0.25) is 4.98 Å². The van der Waals surface area contributed by atoms with Crippen LogP contribution in [-0.2, 0) is 11.3 Å². The van der Waals surface area contributed by atoms with Crippen LogP contribution in [0.1, 0.15) is 18.5 Å². The summed E-state index contributed by atoms with van der Waals surface area (Å²) < 4.78 is 5.41. The van der Waals surface area contributed by atoms with E-state index in [9.17, 15) is 0 Å². The molecular formula is C11H14ClNO. The summed E-state index contributed by atoms with van der Waals surface area (Å²) >= 11 is 5.80. The minimum Gasteiger partial charge on any atom is -0.375 e. The SMILES string of the molecule is C=CCCCOCc1cc(Cl)ccn1. The monoisotopic (exact) mass is 211 g/mol. The Bertz CT molecular complexity index is 288. The molecule has 0 saturated heterocycles. The molecule has 0 saturated carbocycles. The average molecular weight is 212 g/mol. The van der Waals surface area contributed by atoms with Crippen molar-refractivity contribution in [2.75, 3.05) is 6.61 Å². The molecule has 0 N–H and O–H groups in total. The highest BCUT2D eigenvalue weighted by Gasteiger charge is 1.95. The van der Waals surface area contributed by atoms with Crippen molar-refractivity contribution in [1.29, 1.82) is 0 Å². The Labute approximate surface area is 89.6 Å². The summed E-state index contributed by atoms with van der Waals surface area (Å²) in [5.41, 5.74) is 0.871. The topological polar surface area (TPSA) is 22.1 Å². The first kappa shape index (κ1) is 11.2. The maximum absolute atomic E-state index is 5.80. The van der Waals surface area contributed by atoms with Crippen LogP contribution in [0.25, 0.3) is 0 Å². The van der Waals surface area contributed by atoms with Crippen molar-refractivity contribution in [1.82, 2.24) is 4.98 Å². The Balaban J connectivity index is 2.21. The normalized spacial score (nSPS) is 10.1. The molecule has 0 spiro atoms. The standard InChI is InChI=1S/C11H14ClNO/c1-2-3-4-7-14-9-11-8-10(12)5-6-13-11/h2,5-6,8H,1,3-4,7,9H2. The first-order valence-corrected chi connectivity index (χ1v) is 5.00. The first-order valence-electron chi connectivity index (χ1n) is 4.62. The van der Waals surface area contributed by atoms with Crippen molar-refractivity contribution in [3.8, 4) is 0 Å². The van der Waals surface area contributed by atoms with E-state index in [1.54, 1.807) is 12.3 Å². The summed E-state index contributed by atoms with van der Waals surface area (Å²) in [6.45, 7) is 4.90. The molecule has 2 nitrogen and oxygen atoms in total. The second-order valence-corrected chi connectivity index (χ2v) is 3.39. The van der Waals surface area contributed by atoms with Crippen molar-refractivity contribution in [3.05, 3.63) is 41.7 Å². The highest BCUT2D eigenvalue weighted by molar-refractivity contribution is 6.30. The van der Waals surface area contributed by atoms with E-state index in [0.717, 1.165) is 25.1 Å². The molecule has 1 rings (SSSR count). The van der Waals surface area contributed by atoms with Gasteiger partial charge in [0.15, 0.2) is 0 Å². The van der Waals surface area contributed by atoms with E-state index >= 15 is 0 Å².